The van der Waals surface area contributed by atoms with Crippen molar-refractivity contribution in [2.75, 3.05) is 40.1 Å². The number of allylic oxidation sites excluding steroid dienone is 2. The third-order valence-electron chi connectivity index (χ3n) is 24.3. The first-order valence-electron chi connectivity index (χ1n) is 34.6. The average Bonchev–Trinajstić information content (AvgIpc) is 1.47. The number of ketones is 1. The Kier molecular flexibility index (Phi) is 23.2. The molecule has 98 heavy (non-hydrogen) atoms. The van der Waals surface area contributed by atoms with Crippen molar-refractivity contribution in [3.05, 3.63) is 11.6 Å². The van der Waals surface area contributed by atoms with Crippen LogP contribution in [-0.2, 0) is 75.9 Å². The van der Waals surface area contributed by atoms with E-state index in [-0.39, 0.29) is 30.0 Å². The molecule has 32 nitrogen and oxygen atoms in total. The molecule has 1 spiro atoms. The van der Waals surface area contributed by atoms with Crippen LogP contribution in [0.15, 0.2) is 11.6 Å². The summed E-state index contributed by atoms with van der Waals surface area (Å²) in [6.45, 7) is 12.2. The molecule has 562 valence electrons. The van der Waals surface area contributed by atoms with Crippen LogP contribution in [0.2, 0.25) is 0 Å². The molecular formula is C66H106O32. The molecule has 3 saturated carbocycles. The summed E-state index contributed by atoms with van der Waals surface area (Å²) < 4.78 is 84.4. The summed E-state index contributed by atoms with van der Waals surface area (Å²) in [7, 11) is 1.17. The average molecular weight is 1410 g/mol. The van der Waals surface area contributed by atoms with Crippen molar-refractivity contribution in [3.8, 4) is 0 Å². The van der Waals surface area contributed by atoms with Crippen molar-refractivity contribution in [2.24, 2.45) is 45.3 Å². The van der Waals surface area contributed by atoms with Crippen molar-refractivity contribution >= 4 is 11.8 Å². The number of rotatable bonds is 21. The van der Waals surface area contributed by atoms with E-state index in [9.17, 15) is 91.3 Å². The van der Waals surface area contributed by atoms with Crippen molar-refractivity contribution in [3.63, 3.8) is 0 Å². The van der Waals surface area contributed by atoms with E-state index in [4.69, 9.17) is 66.3 Å². The Balaban J connectivity index is 0.835. The predicted molar refractivity (Wildman–Crippen MR) is 326 cm³/mol. The number of aliphatic hydroxyl groups excluding tert-OH is 16. The zero-order chi connectivity index (χ0) is 71.4. The lowest BCUT2D eigenvalue weighted by Gasteiger charge is -2.63. The summed E-state index contributed by atoms with van der Waals surface area (Å²) >= 11 is 0. The number of esters is 1. The number of Topliss-reactive ketones (excluding diaryl/α,β-unsaturated/α-hetero) is 1. The normalized spacial score (nSPS) is 52.6. The summed E-state index contributed by atoms with van der Waals surface area (Å²) in [5, 5.41) is 177. The number of ether oxygens (including phenoxy) is 14. The molecule has 7 saturated heterocycles. The summed E-state index contributed by atoms with van der Waals surface area (Å²) in [4.78, 5) is 29.1. The molecule has 16 N–H and O–H groups in total. The molecule has 7 heterocycles. The lowest BCUT2D eigenvalue weighted by atomic mass is 9.41. The van der Waals surface area contributed by atoms with Gasteiger partial charge in [0.2, 0.25) is 0 Å². The molecule has 0 aromatic rings. The topological polar surface area (TPSA) is 487 Å². The lowest BCUT2D eigenvalue weighted by Crippen LogP contribution is -2.67. The number of cyclic esters (lactones) is 1. The Morgan fingerprint density at radius 2 is 1.04 bits per heavy atom. The van der Waals surface area contributed by atoms with Crippen molar-refractivity contribution in [1.82, 2.24) is 0 Å². The van der Waals surface area contributed by atoms with E-state index in [1.807, 2.05) is 6.92 Å². The highest BCUT2D eigenvalue weighted by atomic mass is 16.8. The second kappa shape index (κ2) is 29.6. The van der Waals surface area contributed by atoms with Gasteiger partial charge in [-0.2, -0.15) is 0 Å². The molecule has 11 rings (SSSR count). The zero-order valence-corrected chi connectivity index (χ0v) is 56.8. The Morgan fingerprint density at radius 1 is 0.541 bits per heavy atom. The summed E-state index contributed by atoms with van der Waals surface area (Å²) in [5.41, 5.74) is -2.56. The fourth-order valence-corrected chi connectivity index (χ4v) is 18.9. The maximum atomic E-state index is 14.6. The van der Waals surface area contributed by atoms with Gasteiger partial charge in [-0.1, -0.05) is 59.6 Å². The first-order chi connectivity index (χ1) is 46.2. The molecule has 0 aromatic heterocycles. The first-order valence-corrected chi connectivity index (χ1v) is 34.6. The summed E-state index contributed by atoms with van der Waals surface area (Å²) in [5.74, 6) is -0.520. The van der Waals surface area contributed by atoms with E-state index in [1.165, 1.54) is 19.6 Å². The Bertz CT molecular complexity index is 2760. The number of carbonyl (C=O) groups is 2. The van der Waals surface area contributed by atoms with Gasteiger partial charge in [0.15, 0.2) is 37.7 Å². The van der Waals surface area contributed by atoms with Crippen LogP contribution in [0.3, 0.4) is 0 Å². The molecular weight excluding hydrogens is 1300 g/mol. The summed E-state index contributed by atoms with van der Waals surface area (Å²) in [6, 6.07) is 0. The molecule has 0 radical (unpaired) electrons. The number of fused-ring (bicyclic) bond motifs is 4. The molecule has 37 atom stereocenters. The van der Waals surface area contributed by atoms with E-state index in [0.717, 1.165) is 12.8 Å². The highest BCUT2D eigenvalue weighted by Crippen LogP contribution is 2.75. The largest absolute Gasteiger partial charge is 0.458 e. The molecule has 10 fully saturated rings. The number of methoxy groups -OCH3 is 1. The van der Waals surface area contributed by atoms with Crippen LogP contribution in [0, 0.1) is 45.3 Å². The van der Waals surface area contributed by atoms with Crippen LogP contribution in [0.1, 0.15) is 113 Å². The van der Waals surface area contributed by atoms with Gasteiger partial charge in [-0.3, -0.25) is 9.59 Å². The monoisotopic (exact) mass is 1410 g/mol. The van der Waals surface area contributed by atoms with E-state index < -0.39 is 250 Å². The predicted octanol–water partition coefficient (Wildman–Crippen LogP) is -4.48. The zero-order valence-electron chi connectivity index (χ0n) is 56.8. The first kappa shape index (κ1) is 76.8. The van der Waals surface area contributed by atoms with Crippen LogP contribution in [-0.4, -0.2) is 323 Å². The molecule has 4 aliphatic carbocycles. The van der Waals surface area contributed by atoms with Crippen LogP contribution < -0.4 is 0 Å². The minimum absolute atomic E-state index is 0.0656. The highest BCUT2D eigenvalue weighted by molar-refractivity contribution is 5.99. The van der Waals surface area contributed by atoms with Gasteiger partial charge in [0.05, 0.1) is 56.6 Å². The van der Waals surface area contributed by atoms with Crippen molar-refractivity contribution < 1.29 is 158 Å². The van der Waals surface area contributed by atoms with Gasteiger partial charge in [0, 0.05) is 13.5 Å². The molecule has 32 heteroatoms. The molecule has 0 aromatic carbocycles. The molecule has 0 amide bonds. The lowest BCUT2D eigenvalue weighted by molar-refractivity contribution is -0.397. The van der Waals surface area contributed by atoms with E-state index in [1.54, 1.807) is 0 Å². The Hall–Kier alpha value is -2.28. The molecule has 7 aliphatic heterocycles. The number of carbonyl (C=O) groups excluding carboxylic acids is 2. The van der Waals surface area contributed by atoms with E-state index >= 15 is 0 Å². The number of aliphatic hydroxyl groups is 16. The molecule has 11 aliphatic rings. The van der Waals surface area contributed by atoms with Gasteiger partial charge >= 0.3 is 5.97 Å². The van der Waals surface area contributed by atoms with Crippen LogP contribution in [0.4, 0.5) is 0 Å². The van der Waals surface area contributed by atoms with Crippen LogP contribution >= 0.6 is 0 Å². The van der Waals surface area contributed by atoms with Gasteiger partial charge in [-0.05, 0) is 92.8 Å². The van der Waals surface area contributed by atoms with Gasteiger partial charge < -0.3 is 148 Å². The smallest absolute Gasteiger partial charge is 0.314 e. The quantitative estimate of drug-likeness (QED) is 0.0293. The minimum atomic E-state index is -2.09. The van der Waals surface area contributed by atoms with E-state index in [2.05, 4.69) is 47.6 Å². The summed E-state index contributed by atoms with van der Waals surface area (Å²) in [6.07, 6.45) is -43.9. The van der Waals surface area contributed by atoms with Crippen molar-refractivity contribution in [1.29, 1.82) is 0 Å². The van der Waals surface area contributed by atoms with Crippen LogP contribution in [0.5, 0.6) is 0 Å². The standard InChI is InChI=1S/C66H106O32/c1-25(2)11-10-16-65(8)54-29(71)19-64(7)28-12-13-35-62(4,5)36(15-17-63(35,6)27(28)14-18-66(54,64)61(84)98-65)93-60-53(41(76)34(24-86-60)92-57-47(82)51(39(74)32(22-69)89-57)95-56-44(79)42(77)37(72)30(20-67)88-56)97-55-45(80)43(78)49(26(3)87-55)94-59-48(83)52(40(75)33(23-70)91-59)96-58-46(81)50(85-9)38(73)31(21-68)90-58/h14,25-26,28,30-60,67-70,72-83H,10-13,15-24H2,1-9H3/t26?,28-,30?,31?,32?,33?,34?,35+,36+,37?,38?,39?,40?,41?,42?,43?,44?,45?,46?,47?,48?,49?,50?,51?,52?,53?,54-,55?,56?,57?,58?,59?,60?,63-,64+,65+,66?/m1/s1. The van der Waals surface area contributed by atoms with E-state index in [0.29, 0.717) is 44.4 Å². The highest BCUT2D eigenvalue weighted by Gasteiger charge is 2.79. The third-order valence-corrected chi connectivity index (χ3v) is 24.3. The van der Waals surface area contributed by atoms with Gasteiger partial charge in [0.25, 0.3) is 0 Å². The second-order valence-electron chi connectivity index (χ2n) is 30.9. The third kappa shape index (κ3) is 13.1. The maximum Gasteiger partial charge on any atom is 0.314 e. The number of hydrogen-bond acceptors (Lipinski definition) is 32. The fraction of sp³-hybridized carbons (Fsp3) is 0.939. The van der Waals surface area contributed by atoms with Gasteiger partial charge in [0.1, 0.15) is 146 Å². The Morgan fingerprint density at radius 3 is 1.60 bits per heavy atom. The maximum absolute atomic E-state index is 14.6. The van der Waals surface area contributed by atoms with Gasteiger partial charge in [-0.15, -0.1) is 0 Å². The molecule has 0 bridgehead atoms. The van der Waals surface area contributed by atoms with Crippen molar-refractivity contribution in [2.45, 2.75) is 303 Å². The van der Waals surface area contributed by atoms with Gasteiger partial charge in [-0.25, -0.2) is 0 Å². The number of hydrogen-bond donors (Lipinski definition) is 16. The second-order valence-corrected chi connectivity index (χ2v) is 30.9. The Labute approximate surface area is 567 Å². The minimum Gasteiger partial charge on any atom is -0.458 e. The fourth-order valence-electron chi connectivity index (χ4n) is 18.9. The molecule has 30 unspecified atom stereocenters. The van der Waals surface area contributed by atoms with Crippen LogP contribution in [0.25, 0.3) is 0 Å². The SMILES string of the molecule is COC1C(O)C(CO)OC(OC2C(O)C(CO)OC(OC3C(C)OC(OC4C(O[C@H]5CC[C@]6(C)C7=CCC89C(=O)O[C@@](C)(CCCC(C)C)[C@H]8C(=O)C[C@@]9(C)[C@@H]7CC[C@H]6C5(C)C)OCC(OC5OC(CO)C(O)C(OC6OC(CO)C(O)C(O)C6O)C5O)C4O)C(O)C3O)C2O)C1O.